The molecule has 3 aliphatic rings. The third-order valence-corrected chi connectivity index (χ3v) is 4.94. The molecule has 0 saturated carbocycles. The normalized spacial score (nSPS) is 11.3. The van der Waals surface area contributed by atoms with Gasteiger partial charge in [-0.25, -0.2) is 9.97 Å². The highest BCUT2D eigenvalue weighted by Gasteiger charge is 2.12. The van der Waals surface area contributed by atoms with Crippen molar-refractivity contribution in [3.63, 3.8) is 0 Å². The van der Waals surface area contributed by atoms with E-state index in [2.05, 4.69) is 39.2 Å². The second-order valence-corrected chi connectivity index (χ2v) is 6.42. The Hall–Kier alpha value is -2.11. The number of aryl methyl sites for hydroxylation is 1. The molecule has 5 heteroatoms. The number of rotatable bonds is 1. The first-order valence-electron chi connectivity index (χ1n) is 6.54. The Labute approximate surface area is 130 Å². The zero-order chi connectivity index (χ0) is 14.4. The Morgan fingerprint density at radius 2 is 1.90 bits per heavy atom. The van der Waals surface area contributed by atoms with E-state index in [9.17, 15) is 0 Å². The van der Waals surface area contributed by atoms with Crippen molar-refractivity contribution >= 4 is 23.8 Å². The number of nitrogens with zero attached hydrogens (tertiary/aromatic N) is 3. The van der Waals surface area contributed by atoms with Crippen molar-refractivity contribution in [3.8, 4) is 22.6 Å². The Balaban J connectivity index is 2.15. The first kappa shape index (κ1) is 12.6. The molecule has 1 aromatic rings. The third kappa shape index (κ3) is 1.97. The van der Waals surface area contributed by atoms with E-state index in [1.165, 1.54) is 5.56 Å². The molecule has 0 spiro atoms. The van der Waals surface area contributed by atoms with Gasteiger partial charge in [0, 0.05) is 16.8 Å². The van der Waals surface area contributed by atoms with Gasteiger partial charge >= 0.3 is 0 Å². The summed E-state index contributed by atoms with van der Waals surface area (Å²) in [6, 6.07) is 14.4. The summed E-state index contributed by atoms with van der Waals surface area (Å²) >= 11 is 7.19. The number of hydrogen-bond donors (Lipinski definition) is 0. The first-order chi connectivity index (χ1) is 10.2. The van der Waals surface area contributed by atoms with Crippen molar-refractivity contribution in [2.75, 3.05) is 0 Å². The zero-order valence-electron chi connectivity index (χ0n) is 11.3. The number of fused-ring (bicyclic) bond motifs is 2. The van der Waals surface area contributed by atoms with Crippen molar-refractivity contribution in [2.45, 2.75) is 0 Å². The second-order valence-electron chi connectivity index (χ2n) is 4.84. The molecule has 0 fully saturated rings. The van der Waals surface area contributed by atoms with Gasteiger partial charge in [0.05, 0.1) is 15.9 Å². The minimum Gasteiger partial charge on any atom is -0.300 e. The molecule has 21 heavy (non-hydrogen) atoms. The van der Waals surface area contributed by atoms with Crippen molar-refractivity contribution in [2.24, 2.45) is 7.05 Å². The predicted molar refractivity (Wildman–Crippen MR) is 87.1 cm³/mol. The summed E-state index contributed by atoms with van der Waals surface area (Å²) in [5, 5.41) is 1.07. The van der Waals surface area contributed by atoms with Crippen LogP contribution in [0.4, 0.5) is 0 Å². The first-order valence-corrected chi connectivity index (χ1v) is 7.72. The average Bonchev–Trinajstić information content (AvgIpc) is 2.96. The van der Waals surface area contributed by atoms with Gasteiger partial charge in [-0.05, 0) is 17.7 Å². The van der Waals surface area contributed by atoms with E-state index < -0.39 is 0 Å². The van der Waals surface area contributed by atoms with Crippen LogP contribution in [0.3, 0.4) is 0 Å². The maximum atomic E-state index is 5.53. The molecule has 0 bridgehead atoms. The molecule has 1 aromatic carbocycles. The SMILES string of the molecule is Cn1sc2c3ncnc-3cc(=S)c=2cc1-c1ccccc1. The van der Waals surface area contributed by atoms with Crippen LogP contribution < -0.4 is 0 Å². The van der Waals surface area contributed by atoms with E-state index in [4.69, 9.17) is 12.2 Å². The molecule has 4 rings (SSSR count). The van der Waals surface area contributed by atoms with Gasteiger partial charge in [-0.1, -0.05) is 54.1 Å². The summed E-state index contributed by atoms with van der Waals surface area (Å²) in [4.78, 5) is 8.63. The maximum absolute atomic E-state index is 5.53. The molecule has 2 aliphatic heterocycles. The minimum atomic E-state index is 0.826. The van der Waals surface area contributed by atoms with E-state index in [1.54, 1.807) is 17.9 Å². The molecule has 0 radical (unpaired) electrons. The zero-order valence-corrected chi connectivity index (χ0v) is 12.9. The van der Waals surface area contributed by atoms with Gasteiger partial charge in [0.15, 0.2) is 0 Å². The van der Waals surface area contributed by atoms with Gasteiger partial charge in [0.2, 0.25) is 0 Å². The Bertz CT molecular complexity index is 1020. The molecular formula is C16H11N3S2. The summed E-state index contributed by atoms with van der Waals surface area (Å²) in [5.41, 5.74) is 4.13. The highest BCUT2D eigenvalue weighted by molar-refractivity contribution is 7.71. The summed E-state index contributed by atoms with van der Waals surface area (Å²) in [5.74, 6) is 0. The molecule has 2 heterocycles. The fourth-order valence-electron chi connectivity index (χ4n) is 2.51. The number of imidazole rings is 1. The fourth-order valence-corrected chi connectivity index (χ4v) is 3.89. The Morgan fingerprint density at radius 1 is 1.10 bits per heavy atom. The average molecular weight is 309 g/mol. The maximum Gasteiger partial charge on any atom is 0.116 e. The van der Waals surface area contributed by atoms with Crippen LogP contribution in [0.25, 0.3) is 22.6 Å². The summed E-state index contributed by atoms with van der Waals surface area (Å²) in [7, 11) is 2.06. The predicted octanol–water partition coefficient (Wildman–Crippen LogP) is 4.10. The fraction of sp³-hybridized carbons (Fsp3) is 0.0625. The lowest BCUT2D eigenvalue weighted by atomic mass is 10.1. The Morgan fingerprint density at radius 3 is 2.71 bits per heavy atom. The lowest BCUT2D eigenvalue weighted by Crippen LogP contribution is -1.96. The highest BCUT2D eigenvalue weighted by atomic mass is 32.1. The summed E-state index contributed by atoms with van der Waals surface area (Å²) in [6.07, 6.45) is 1.59. The van der Waals surface area contributed by atoms with Crippen LogP contribution in [0.5, 0.6) is 0 Å². The molecule has 0 atom stereocenters. The van der Waals surface area contributed by atoms with Crippen molar-refractivity contribution in [1.82, 2.24) is 13.9 Å². The van der Waals surface area contributed by atoms with Crippen LogP contribution in [0.1, 0.15) is 0 Å². The molecule has 102 valence electrons. The topological polar surface area (TPSA) is 30.7 Å². The Kier molecular flexibility index (Phi) is 2.83. The van der Waals surface area contributed by atoms with Gasteiger partial charge in [0.1, 0.15) is 12.0 Å². The molecule has 3 nitrogen and oxygen atoms in total. The second kappa shape index (κ2) is 4.72. The van der Waals surface area contributed by atoms with E-state index in [0.717, 1.165) is 31.3 Å². The van der Waals surface area contributed by atoms with E-state index in [-0.39, 0.29) is 0 Å². The number of benzene rings is 1. The highest BCUT2D eigenvalue weighted by Crippen LogP contribution is 2.27. The van der Waals surface area contributed by atoms with Crippen LogP contribution in [0.15, 0.2) is 48.8 Å². The molecule has 0 aromatic heterocycles. The number of aromatic nitrogens is 3. The van der Waals surface area contributed by atoms with Crippen LogP contribution in [-0.2, 0) is 7.05 Å². The molecule has 0 saturated heterocycles. The molecular weight excluding hydrogens is 298 g/mol. The van der Waals surface area contributed by atoms with E-state index in [1.807, 2.05) is 24.3 Å². The molecule has 0 unspecified atom stereocenters. The van der Waals surface area contributed by atoms with Crippen LogP contribution in [0.2, 0.25) is 0 Å². The van der Waals surface area contributed by atoms with E-state index in [0.29, 0.717) is 0 Å². The van der Waals surface area contributed by atoms with Crippen LogP contribution in [-0.4, -0.2) is 13.9 Å². The summed E-state index contributed by atoms with van der Waals surface area (Å²) < 4.78 is 4.07. The minimum absolute atomic E-state index is 0.826. The smallest absolute Gasteiger partial charge is 0.116 e. The van der Waals surface area contributed by atoms with Crippen molar-refractivity contribution in [1.29, 1.82) is 0 Å². The van der Waals surface area contributed by atoms with Gasteiger partial charge in [-0.15, -0.1) is 0 Å². The van der Waals surface area contributed by atoms with E-state index >= 15 is 0 Å². The van der Waals surface area contributed by atoms with Gasteiger partial charge < -0.3 is 0 Å². The largest absolute Gasteiger partial charge is 0.300 e. The quantitative estimate of drug-likeness (QED) is 0.496. The standard InChI is InChI=1S/C16H11N3S2/c1-19-13(10-5-3-2-4-6-10)7-11-14(20)8-12-15(16(11)21-19)18-9-17-12/h2-9H,1H3. The molecule has 0 N–H and O–H groups in total. The molecule has 0 amide bonds. The summed E-state index contributed by atoms with van der Waals surface area (Å²) in [6.45, 7) is 0. The lowest BCUT2D eigenvalue weighted by molar-refractivity contribution is 1.02. The molecule has 1 aliphatic carbocycles. The van der Waals surface area contributed by atoms with Crippen LogP contribution >= 0.6 is 23.8 Å². The van der Waals surface area contributed by atoms with Crippen molar-refractivity contribution in [3.05, 3.63) is 63.1 Å². The van der Waals surface area contributed by atoms with Gasteiger partial charge in [0.25, 0.3) is 0 Å². The monoisotopic (exact) mass is 309 g/mol. The van der Waals surface area contributed by atoms with Crippen molar-refractivity contribution < 1.29 is 0 Å². The number of hydrogen-bond acceptors (Lipinski definition) is 4. The third-order valence-electron chi connectivity index (χ3n) is 3.54. The van der Waals surface area contributed by atoms with Gasteiger partial charge in [-0.3, -0.25) is 3.96 Å². The van der Waals surface area contributed by atoms with Gasteiger partial charge in [-0.2, -0.15) is 0 Å². The lowest BCUT2D eigenvalue weighted by Gasteiger charge is -2.10. The van der Waals surface area contributed by atoms with Crippen LogP contribution in [0, 0.1) is 14.3 Å².